The number of halogens is 1. The Morgan fingerprint density at radius 2 is 1.80 bits per heavy atom. The molecule has 1 N–H and O–H groups in total. The summed E-state index contributed by atoms with van der Waals surface area (Å²) in [6, 6.07) is 11.3. The SMILES string of the molecule is O=C1NS(=O)(=O)c2ccc(Cl)cc2Sc2ccccc21. The van der Waals surface area contributed by atoms with Crippen molar-refractivity contribution in [3.63, 3.8) is 0 Å². The standard InChI is InChI=1S/C13H8ClNO3S2/c14-8-5-6-12-11(7-8)19-10-4-2-1-3-9(10)13(16)15-20(12,17)18/h1-7H,(H,15,16). The second kappa shape index (κ2) is 4.80. The third-order valence-corrected chi connectivity index (χ3v) is 5.66. The number of carbonyl (C=O) groups excluding carboxylic acids is 1. The molecule has 0 saturated carbocycles. The number of nitrogens with one attached hydrogen (secondary N) is 1. The van der Waals surface area contributed by atoms with Crippen LogP contribution >= 0.6 is 23.4 Å². The lowest BCUT2D eigenvalue weighted by molar-refractivity contribution is 0.0978. The van der Waals surface area contributed by atoms with Crippen LogP contribution in [0.25, 0.3) is 0 Å². The zero-order chi connectivity index (χ0) is 14.3. The Bertz CT molecular complexity index is 818. The quantitative estimate of drug-likeness (QED) is 0.809. The Balaban J connectivity index is 2.28. The van der Waals surface area contributed by atoms with Gasteiger partial charge in [-0.3, -0.25) is 4.79 Å². The van der Waals surface area contributed by atoms with Gasteiger partial charge in [0.15, 0.2) is 0 Å². The van der Waals surface area contributed by atoms with Crippen molar-refractivity contribution in [1.29, 1.82) is 0 Å². The lowest BCUT2D eigenvalue weighted by atomic mass is 10.2. The van der Waals surface area contributed by atoms with Crippen LogP contribution in [0, 0.1) is 0 Å². The molecule has 0 unspecified atom stereocenters. The summed E-state index contributed by atoms with van der Waals surface area (Å²) in [7, 11) is -3.89. The molecule has 4 nitrogen and oxygen atoms in total. The first kappa shape index (κ1) is 13.5. The highest BCUT2D eigenvalue weighted by Crippen LogP contribution is 2.37. The summed E-state index contributed by atoms with van der Waals surface area (Å²) in [4.78, 5) is 13.2. The van der Waals surface area contributed by atoms with E-state index in [0.717, 1.165) is 0 Å². The second-order valence-corrected chi connectivity index (χ2v) is 7.29. The van der Waals surface area contributed by atoms with Gasteiger partial charge in [0.2, 0.25) is 0 Å². The maximum Gasteiger partial charge on any atom is 0.266 e. The van der Waals surface area contributed by atoms with Crippen LogP contribution in [0.3, 0.4) is 0 Å². The highest BCUT2D eigenvalue weighted by Gasteiger charge is 2.27. The molecule has 0 aliphatic carbocycles. The molecule has 1 aliphatic rings. The smallest absolute Gasteiger partial charge is 0.266 e. The van der Waals surface area contributed by atoms with Gasteiger partial charge in [-0.25, -0.2) is 13.1 Å². The molecule has 1 aliphatic heterocycles. The van der Waals surface area contributed by atoms with Crippen LogP contribution in [-0.2, 0) is 10.0 Å². The molecular formula is C13H8ClNO3S2. The van der Waals surface area contributed by atoms with Crippen LogP contribution in [0.2, 0.25) is 5.02 Å². The Morgan fingerprint density at radius 1 is 1.05 bits per heavy atom. The Kier molecular flexibility index (Phi) is 3.24. The fraction of sp³-hybridized carbons (Fsp3) is 0. The van der Waals surface area contributed by atoms with E-state index >= 15 is 0 Å². The maximum absolute atomic E-state index is 12.2. The van der Waals surface area contributed by atoms with E-state index in [1.54, 1.807) is 30.3 Å². The number of rotatable bonds is 0. The van der Waals surface area contributed by atoms with E-state index in [2.05, 4.69) is 4.72 Å². The van der Waals surface area contributed by atoms with Crippen LogP contribution in [0.5, 0.6) is 0 Å². The lowest BCUT2D eigenvalue weighted by Crippen LogP contribution is -2.32. The van der Waals surface area contributed by atoms with Crippen LogP contribution in [0.15, 0.2) is 57.2 Å². The van der Waals surface area contributed by atoms with Gasteiger partial charge in [-0.1, -0.05) is 35.5 Å². The Labute approximate surface area is 125 Å². The van der Waals surface area contributed by atoms with Gasteiger partial charge in [-0.05, 0) is 30.3 Å². The van der Waals surface area contributed by atoms with Crippen molar-refractivity contribution in [1.82, 2.24) is 4.72 Å². The minimum atomic E-state index is -3.89. The minimum Gasteiger partial charge on any atom is -0.268 e. The second-order valence-electron chi connectivity index (χ2n) is 4.12. The van der Waals surface area contributed by atoms with Gasteiger partial charge >= 0.3 is 0 Å². The molecule has 20 heavy (non-hydrogen) atoms. The van der Waals surface area contributed by atoms with Crippen LogP contribution < -0.4 is 4.72 Å². The van der Waals surface area contributed by atoms with Crippen molar-refractivity contribution >= 4 is 39.3 Å². The fourth-order valence-electron chi connectivity index (χ4n) is 1.88. The summed E-state index contributed by atoms with van der Waals surface area (Å²) in [5.41, 5.74) is 0.326. The monoisotopic (exact) mass is 325 g/mol. The molecule has 1 heterocycles. The maximum atomic E-state index is 12.2. The molecule has 0 saturated heterocycles. The summed E-state index contributed by atoms with van der Waals surface area (Å²) < 4.78 is 26.4. The van der Waals surface area contributed by atoms with E-state index < -0.39 is 15.9 Å². The fourth-order valence-corrected chi connectivity index (χ4v) is 4.61. The average Bonchev–Trinajstić information content (AvgIpc) is 2.37. The summed E-state index contributed by atoms with van der Waals surface area (Å²) in [6.45, 7) is 0. The topological polar surface area (TPSA) is 63.2 Å². The van der Waals surface area contributed by atoms with E-state index in [1.807, 2.05) is 0 Å². The number of amides is 1. The van der Waals surface area contributed by atoms with Gasteiger partial charge in [0.25, 0.3) is 15.9 Å². The molecular weight excluding hydrogens is 318 g/mol. The highest BCUT2D eigenvalue weighted by atomic mass is 35.5. The molecule has 102 valence electrons. The van der Waals surface area contributed by atoms with Gasteiger partial charge < -0.3 is 0 Å². The molecule has 0 aromatic heterocycles. The predicted octanol–water partition coefficient (Wildman–Crippen LogP) is 2.92. The van der Waals surface area contributed by atoms with Crippen LogP contribution in [0.4, 0.5) is 0 Å². The molecule has 0 atom stereocenters. The van der Waals surface area contributed by atoms with Gasteiger partial charge in [0.1, 0.15) is 4.90 Å². The first-order valence-corrected chi connectivity index (χ1v) is 8.29. The summed E-state index contributed by atoms with van der Waals surface area (Å²) >= 11 is 7.14. The first-order valence-electron chi connectivity index (χ1n) is 5.61. The van der Waals surface area contributed by atoms with Gasteiger partial charge in [0, 0.05) is 14.8 Å². The predicted molar refractivity (Wildman–Crippen MR) is 76.7 cm³/mol. The summed E-state index contributed by atoms with van der Waals surface area (Å²) in [5, 5.41) is 0.441. The van der Waals surface area contributed by atoms with Crippen molar-refractivity contribution in [2.75, 3.05) is 0 Å². The molecule has 0 bridgehead atoms. The van der Waals surface area contributed by atoms with Gasteiger partial charge in [-0.15, -0.1) is 0 Å². The van der Waals surface area contributed by atoms with Gasteiger partial charge in [-0.2, -0.15) is 0 Å². The zero-order valence-electron chi connectivity index (χ0n) is 9.96. The van der Waals surface area contributed by atoms with Crippen LogP contribution in [-0.4, -0.2) is 14.3 Å². The molecule has 3 rings (SSSR count). The van der Waals surface area contributed by atoms with E-state index in [4.69, 9.17) is 11.6 Å². The molecule has 0 spiro atoms. The summed E-state index contributed by atoms with van der Waals surface area (Å²) in [6.07, 6.45) is 0. The number of hydrogen-bond donors (Lipinski definition) is 1. The molecule has 0 fully saturated rings. The van der Waals surface area contributed by atoms with E-state index in [1.165, 1.54) is 23.9 Å². The number of benzene rings is 2. The normalized spacial score (nSPS) is 16.4. The van der Waals surface area contributed by atoms with E-state index in [0.29, 0.717) is 20.4 Å². The Hall–Kier alpha value is -1.50. The average molecular weight is 326 g/mol. The molecule has 1 amide bonds. The van der Waals surface area contributed by atoms with Crippen molar-refractivity contribution in [2.24, 2.45) is 0 Å². The number of fused-ring (bicyclic) bond motifs is 2. The van der Waals surface area contributed by atoms with Crippen LogP contribution in [0.1, 0.15) is 10.4 Å². The molecule has 7 heteroatoms. The van der Waals surface area contributed by atoms with E-state index in [-0.39, 0.29) is 4.90 Å². The van der Waals surface area contributed by atoms with Crippen molar-refractivity contribution in [3.05, 3.63) is 53.1 Å². The number of sulfonamides is 1. The Morgan fingerprint density at radius 3 is 2.60 bits per heavy atom. The molecule has 0 radical (unpaired) electrons. The minimum absolute atomic E-state index is 0.0507. The first-order chi connectivity index (χ1) is 9.47. The molecule has 2 aromatic carbocycles. The number of carbonyl (C=O) groups is 1. The third kappa shape index (κ3) is 2.30. The lowest BCUT2D eigenvalue weighted by Gasteiger charge is -2.17. The molecule has 2 aromatic rings. The number of hydrogen-bond acceptors (Lipinski definition) is 4. The van der Waals surface area contributed by atoms with Crippen molar-refractivity contribution < 1.29 is 13.2 Å². The van der Waals surface area contributed by atoms with E-state index in [9.17, 15) is 13.2 Å². The van der Waals surface area contributed by atoms with Crippen molar-refractivity contribution in [3.8, 4) is 0 Å². The van der Waals surface area contributed by atoms with Crippen molar-refractivity contribution in [2.45, 2.75) is 14.7 Å². The zero-order valence-corrected chi connectivity index (χ0v) is 12.3. The third-order valence-electron chi connectivity index (χ3n) is 2.77. The van der Waals surface area contributed by atoms with Gasteiger partial charge in [0.05, 0.1) is 5.56 Å². The largest absolute Gasteiger partial charge is 0.268 e. The highest BCUT2D eigenvalue weighted by molar-refractivity contribution is 8.00. The summed E-state index contributed by atoms with van der Waals surface area (Å²) in [5.74, 6) is -0.631.